The second-order valence-electron chi connectivity index (χ2n) is 7.70. The Balaban J connectivity index is 1.54. The summed E-state index contributed by atoms with van der Waals surface area (Å²) in [5.41, 5.74) is 0.430. The Morgan fingerprint density at radius 2 is 2.00 bits per heavy atom. The van der Waals surface area contributed by atoms with Crippen molar-refractivity contribution in [3.05, 3.63) is 11.9 Å². The second kappa shape index (κ2) is 8.76. The Hall–Kier alpha value is -1.47. The number of nitrogens with one attached hydrogen (secondary N) is 2. The number of nitrogens with zero attached hydrogens (tertiary/aromatic N) is 4. The predicted octanol–water partition coefficient (Wildman–Crippen LogP) is 1.44. The smallest absolute Gasteiger partial charge is 0.273 e. The van der Waals surface area contributed by atoms with Gasteiger partial charge in [0, 0.05) is 12.6 Å². The van der Waals surface area contributed by atoms with E-state index in [1.165, 1.54) is 32.1 Å². The molecule has 2 aliphatic rings. The van der Waals surface area contributed by atoms with Gasteiger partial charge in [-0.05, 0) is 58.8 Å². The van der Waals surface area contributed by atoms with E-state index in [0.717, 1.165) is 25.9 Å². The zero-order chi connectivity index (χ0) is 17.6. The van der Waals surface area contributed by atoms with E-state index in [2.05, 4.69) is 39.9 Å². The van der Waals surface area contributed by atoms with Gasteiger partial charge in [0.2, 0.25) is 0 Å². The normalized spacial score (nSPS) is 21.4. The summed E-state index contributed by atoms with van der Waals surface area (Å²) in [6.07, 6.45) is 10.4. The fourth-order valence-electron chi connectivity index (χ4n) is 4.21. The van der Waals surface area contributed by atoms with Crippen LogP contribution in [0.25, 0.3) is 0 Å². The monoisotopic (exact) mass is 348 g/mol. The fourth-order valence-corrected chi connectivity index (χ4v) is 4.21. The molecule has 1 aliphatic carbocycles. The molecule has 2 heterocycles. The Kier molecular flexibility index (Phi) is 6.42. The van der Waals surface area contributed by atoms with Crippen LogP contribution in [0.1, 0.15) is 61.5 Å². The molecule has 1 aliphatic heterocycles. The highest BCUT2D eigenvalue weighted by molar-refractivity contribution is 5.91. The molecule has 1 saturated heterocycles. The van der Waals surface area contributed by atoms with Crippen LogP contribution in [0.4, 0.5) is 0 Å². The third kappa shape index (κ3) is 4.79. The molecule has 3 rings (SSSR count). The molecule has 1 atom stereocenters. The first kappa shape index (κ1) is 18.3. The molecule has 0 spiro atoms. The van der Waals surface area contributed by atoms with E-state index in [1.807, 2.05) is 4.68 Å². The van der Waals surface area contributed by atoms with Crippen LogP contribution in [0.3, 0.4) is 0 Å². The SMILES string of the molecule is CN(C)C(CNC(=O)c1cn(C2CCNCC2)nn1)C1CCCCC1. The first-order chi connectivity index (χ1) is 12.1. The summed E-state index contributed by atoms with van der Waals surface area (Å²) in [6, 6.07) is 0.746. The van der Waals surface area contributed by atoms with Crippen LogP contribution in [-0.4, -0.2) is 65.6 Å². The summed E-state index contributed by atoms with van der Waals surface area (Å²) < 4.78 is 1.86. The van der Waals surface area contributed by atoms with Gasteiger partial charge in [-0.1, -0.05) is 24.5 Å². The van der Waals surface area contributed by atoms with Crippen LogP contribution < -0.4 is 10.6 Å². The summed E-state index contributed by atoms with van der Waals surface area (Å²) in [5.74, 6) is 0.567. The van der Waals surface area contributed by atoms with Crippen LogP contribution in [0.15, 0.2) is 6.20 Å². The first-order valence-corrected chi connectivity index (χ1v) is 9.72. The molecule has 0 radical (unpaired) electrons. The highest BCUT2D eigenvalue weighted by Gasteiger charge is 2.26. The zero-order valence-corrected chi connectivity index (χ0v) is 15.6. The number of aromatic nitrogens is 3. The molecule has 1 aromatic heterocycles. The Morgan fingerprint density at radius 1 is 1.28 bits per heavy atom. The number of piperidine rings is 1. The Labute approximate surface area is 150 Å². The molecule has 25 heavy (non-hydrogen) atoms. The van der Waals surface area contributed by atoms with Crippen molar-refractivity contribution in [2.45, 2.75) is 57.0 Å². The Bertz CT molecular complexity index is 546. The molecule has 1 amide bonds. The lowest BCUT2D eigenvalue weighted by Gasteiger charge is -2.34. The number of hydrogen-bond donors (Lipinski definition) is 2. The van der Waals surface area contributed by atoms with Gasteiger partial charge in [-0.25, -0.2) is 4.68 Å². The summed E-state index contributed by atoms with van der Waals surface area (Å²) in [6.45, 7) is 2.67. The quantitative estimate of drug-likeness (QED) is 0.814. The van der Waals surface area contributed by atoms with Crippen molar-refractivity contribution in [1.82, 2.24) is 30.5 Å². The maximum atomic E-state index is 12.5. The lowest BCUT2D eigenvalue weighted by atomic mass is 9.83. The minimum Gasteiger partial charge on any atom is -0.349 e. The summed E-state index contributed by atoms with van der Waals surface area (Å²) >= 11 is 0. The van der Waals surface area contributed by atoms with Gasteiger partial charge in [-0.2, -0.15) is 0 Å². The maximum absolute atomic E-state index is 12.5. The van der Waals surface area contributed by atoms with Crippen molar-refractivity contribution >= 4 is 5.91 Å². The van der Waals surface area contributed by atoms with Crippen molar-refractivity contribution < 1.29 is 4.79 Å². The molecule has 2 N–H and O–H groups in total. The average molecular weight is 348 g/mol. The molecule has 1 saturated carbocycles. The minimum absolute atomic E-state index is 0.108. The van der Waals surface area contributed by atoms with E-state index in [9.17, 15) is 4.79 Å². The maximum Gasteiger partial charge on any atom is 0.273 e. The number of carbonyl (C=O) groups is 1. The third-order valence-corrected chi connectivity index (χ3v) is 5.75. The van der Waals surface area contributed by atoms with Crippen LogP contribution in [0.2, 0.25) is 0 Å². The number of rotatable bonds is 6. The zero-order valence-electron chi connectivity index (χ0n) is 15.6. The predicted molar refractivity (Wildman–Crippen MR) is 97.5 cm³/mol. The molecular formula is C18H32N6O. The van der Waals surface area contributed by atoms with Gasteiger partial charge < -0.3 is 15.5 Å². The molecule has 140 valence electrons. The summed E-state index contributed by atoms with van der Waals surface area (Å²) in [4.78, 5) is 14.7. The molecular weight excluding hydrogens is 316 g/mol. The van der Waals surface area contributed by atoms with Gasteiger partial charge in [0.15, 0.2) is 5.69 Å². The first-order valence-electron chi connectivity index (χ1n) is 9.72. The summed E-state index contributed by atoms with van der Waals surface area (Å²) in [5, 5.41) is 14.7. The lowest BCUT2D eigenvalue weighted by Crippen LogP contribution is -2.45. The van der Waals surface area contributed by atoms with Crippen molar-refractivity contribution in [3.8, 4) is 0 Å². The molecule has 1 unspecified atom stereocenters. The van der Waals surface area contributed by atoms with E-state index >= 15 is 0 Å². The van der Waals surface area contributed by atoms with Crippen molar-refractivity contribution in [2.75, 3.05) is 33.7 Å². The molecule has 7 nitrogen and oxygen atoms in total. The van der Waals surface area contributed by atoms with Gasteiger partial charge in [0.05, 0.1) is 12.2 Å². The molecule has 7 heteroatoms. The van der Waals surface area contributed by atoms with E-state index in [-0.39, 0.29) is 5.91 Å². The largest absolute Gasteiger partial charge is 0.349 e. The molecule has 1 aromatic rings. The number of carbonyl (C=O) groups excluding carboxylic acids is 1. The fraction of sp³-hybridized carbons (Fsp3) is 0.833. The molecule has 2 fully saturated rings. The van der Waals surface area contributed by atoms with E-state index in [0.29, 0.717) is 30.2 Å². The third-order valence-electron chi connectivity index (χ3n) is 5.75. The van der Waals surface area contributed by atoms with Gasteiger partial charge in [0.1, 0.15) is 0 Å². The number of amides is 1. The van der Waals surface area contributed by atoms with Crippen molar-refractivity contribution in [1.29, 1.82) is 0 Å². The average Bonchev–Trinajstić information content (AvgIpc) is 3.13. The molecule has 0 aromatic carbocycles. The number of hydrogen-bond acceptors (Lipinski definition) is 5. The highest BCUT2D eigenvalue weighted by Crippen LogP contribution is 2.28. The van der Waals surface area contributed by atoms with Crippen molar-refractivity contribution in [3.63, 3.8) is 0 Å². The van der Waals surface area contributed by atoms with Gasteiger partial charge in [-0.15, -0.1) is 5.10 Å². The Morgan fingerprint density at radius 3 is 2.68 bits per heavy atom. The van der Waals surface area contributed by atoms with Crippen LogP contribution in [0.5, 0.6) is 0 Å². The number of likely N-dealkylation sites (N-methyl/N-ethyl adjacent to an activating group) is 1. The van der Waals surface area contributed by atoms with Gasteiger partial charge >= 0.3 is 0 Å². The second-order valence-corrected chi connectivity index (χ2v) is 7.70. The standard InChI is InChI=1S/C18H32N6O/c1-23(2)17(14-6-4-3-5-7-14)12-20-18(25)16-13-24(22-21-16)15-8-10-19-11-9-15/h13-15,17,19H,3-12H2,1-2H3,(H,20,25). The highest BCUT2D eigenvalue weighted by atomic mass is 16.2. The lowest BCUT2D eigenvalue weighted by molar-refractivity contribution is 0.0917. The topological polar surface area (TPSA) is 75.1 Å². The van der Waals surface area contributed by atoms with E-state index < -0.39 is 0 Å². The minimum atomic E-state index is -0.108. The van der Waals surface area contributed by atoms with Crippen LogP contribution in [-0.2, 0) is 0 Å². The van der Waals surface area contributed by atoms with Gasteiger partial charge in [0.25, 0.3) is 5.91 Å². The van der Waals surface area contributed by atoms with Gasteiger partial charge in [-0.3, -0.25) is 4.79 Å². The van der Waals surface area contributed by atoms with Crippen LogP contribution in [0, 0.1) is 5.92 Å². The summed E-state index contributed by atoms with van der Waals surface area (Å²) in [7, 11) is 4.22. The molecule has 0 bridgehead atoms. The van der Waals surface area contributed by atoms with E-state index in [4.69, 9.17) is 0 Å². The van der Waals surface area contributed by atoms with Crippen molar-refractivity contribution in [2.24, 2.45) is 5.92 Å². The van der Waals surface area contributed by atoms with E-state index in [1.54, 1.807) is 6.20 Å². The van der Waals surface area contributed by atoms with Crippen LogP contribution >= 0.6 is 0 Å².